The molecule has 0 heterocycles. The zero-order valence-corrected chi connectivity index (χ0v) is 9.13. The third-order valence-electron chi connectivity index (χ3n) is 1.64. The fraction of sp³-hybridized carbons (Fsp3) is 0.500. The van der Waals surface area contributed by atoms with Gasteiger partial charge in [0.25, 0.3) is 0 Å². The molecule has 0 saturated heterocycles. The van der Waals surface area contributed by atoms with Crippen molar-refractivity contribution < 1.29 is 4.74 Å². The highest BCUT2D eigenvalue weighted by Crippen LogP contribution is 2.11. The first kappa shape index (κ1) is 12.0. The second kappa shape index (κ2) is 7.66. The summed E-state index contributed by atoms with van der Waals surface area (Å²) in [6.45, 7) is 8.88. The van der Waals surface area contributed by atoms with Gasteiger partial charge >= 0.3 is 0 Å². The molecule has 0 amide bonds. The van der Waals surface area contributed by atoms with Crippen LogP contribution < -0.4 is 4.74 Å². The van der Waals surface area contributed by atoms with E-state index in [4.69, 9.17) is 4.74 Å². The van der Waals surface area contributed by atoms with Gasteiger partial charge in [-0.1, -0.05) is 32.9 Å². The summed E-state index contributed by atoms with van der Waals surface area (Å²) in [5.74, 6) is 0.963. The van der Waals surface area contributed by atoms with Gasteiger partial charge in [-0.15, -0.1) is 0 Å². The molecule has 0 fully saturated rings. The number of benzene rings is 1. The van der Waals surface area contributed by atoms with E-state index in [1.807, 2.05) is 32.9 Å². The van der Waals surface area contributed by atoms with Crippen LogP contribution in [0.25, 0.3) is 0 Å². The van der Waals surface area contributed by atoms with Crippen LogP contribution in [0, 0.1) is 0 Å². The summed E-state index contributed by atoms with van der Waals surface area (Å²) in [4.78, 5) is 0. The predicted molar refractivity (Wildman–Crippen MR) is 58.3 cm³/mol. The van der Waals surface area contributed by atoms with Gasteiger partial charge in [0, 0.05) is 0 Å². The molecule has 0 bridgehead atoms. The van der Waals surface area contributed by atoms with Crippen LogP contribution in [0.2, 0.25) is 0 Å². The molecule has 74 valence electrons. The fourth-order valence-electron chi connectivity index (χ4n) is 0.988. The lowest BCUT2D eigenvalue weighted by Crippen LogP contribution is -1.90. The van der Waals surface area contributed by atoms with Gasteiger partial charge in [0.15, 0.2) is 0 Å². The maximum Gasteiger partial charge on any atom is 0.119 e. The Hall–Kier alpha value is -0.980. The molecule has 0 N–H and O–H groups in total. The van der Waals surface area contributed by atoms with Gasteiger partial charge in [0.1, 0.15) is 5.75 Å². The minimum absolute atomic E-state index is 0.742. The molecule has 1 nitrogen and oxygen atoms in total. The number of ether oxygens (including phenoxy) is 1. The molecule has 0 atom stereocenters. The Labute approximate surface area is 81.7 Å². The molecule has 0 radical (unpaired) electrons. The Morgan fingerprint density at radius 3 is 1.92 bits per heavy atom. The molecular weight excluding hydrogens is 160 g/mol. The quantitative estimate of drug-likeness (QED) is 0.689. The van der Waals surface area contributed by atoms with Gasteiger partial charge < -0.3 is 4.74 Å². The van der Waals surface area contributed by atoms with Gasteiger partial charge in [0.2, 0.25) is 0 Å². The zero-order chi connectivity index (χ0) is 10.1. The summed E-state index contributed by atoms with van der Waals surface area (Å²) >= 11 is 0. The summed E-state index contributed by atoms with van der Waals surface area (Å²) < 4.78 is 5.31. The van der Waals surface area contributed by atoms with Crippen LogP contribution in [-0.2, 0) is 6.42 Å². The van der Waals surface area contributed by atoms with Crippen LogP contribution in [0.3, 0.4) is 0 Å². The van der Waals surface area contributed by atoms with Crippen LogP contribution >= 0.6 is 0 Å². The molecule has 0 aliphatic rings. The van der Waals surface area contributed by atoms with Crippen LogP contribution in [0.5, 0.6) is 5.75 Å². The van der Waals surface area contributed by atoms with E-state index >= 15 is 0 Å². The van der Waals surface area contributed by atoms with Crippen molar-refractivity contribution >= 4 is 0 Å². The van der Waals surface area contributed by atoms with E-state index in [2.05, 4.69) is 19.1 Å². The highest BCUT2D eigenvalue weighted by Gasteiger charge is 1.90. The van der Waals surface area contributed by atoms with Crippen LogP contribution in [0.1, 0.15) is 33.3 Å². The standard InChI is InChI=1S/C10H14O.C2H6/c1-3-9-5-7-10(8-6-9)11-4-2;1-2/h5-8H,3-4H2,1-2H3;1-2H3. The van der Waals surface area contributed by atoms with Crippen LogP contribution in [-0.4, -0.2) is 6.61 Å². The fourth-order valence-corrected chi connectivity index (χ4v) is 0.988. The second-order valence-electron chi connectivity index (χ2n) is 2.43. The van der Waals surface area contributed by atoms with E-state index < -0.39 is 0 Å². The average Bonchev–Trinajstić information content (AvgIpc) is 2.23. The number of rotatable bonds is 3. The first-order valence-electron chi connectivity index (χ1n) is 5.08. The first-order chi connectivity index (χ1) is 6.36. The third kappa shape index (κ3) is 4.56. The number of hydrogen-bond acceptors (Lipinski definition) is 1. The Kier molecular flexibility index (Phi) is 7.08. The summed E-state index contributed by atoms with van der Waals surface area (Å²) in [6.07, 6.45) is 1.09. The summed E-state index contributed by atoms with van der Waals surface area (Å²) in [6, 6.07) is 8.24. The molecular formula is C12H20O. The van der Waals surface area contributed by atoms with Gasteiger partial charge in [-0.05, 0) is 31.0 Å². The van der Waals surface area contributed by atoms with Crippen molar-refractivity contribution in [2.45, 2.75) is 34.1 Å². The van der Waals surface area contributed by atoms with Crippen molar-refractivity contribution in [3.8, 4) is 5.75 Å². The smallest absolute Gasteiger partial charge is 0.119 e. The topological polar surface area (TPSA) is 9.23 Å². The van der Waals surface area contributed by atoms with E-state index in [0.717, 1.165) is 18.8 Å². The molecule has 1 heteroatoms. The molecule has 0 saturated carbocycles. The molecule has 13 heavy (non-hydrogen) atoms. The molecule has 0 aromatic heterocycles. The van der Waals surface area contributed by atoms with Crippen molar-refractivity contribution in [3.63, 3.8) is 0 Å². The second-order valence-corrected chi connectivity index (χ2v) is 2.43. The van der Waals surface area contributed by atoms with Crippen molar-refractivity contribution in [2.75, 3.05) is 6.61 Å². The molecule has 0 spiro atoms. The summed E-state index contributed by atoms with van der Waals surface area (Å²) in [7, 11) is 0. The molecule has 0 unspecified atom stereocenters. The van der Waals surface area contributed by atoms with Gasteiger partial charge in [0.05, 0.1) is 6.61 Å². The Morgan fingerprint density at radius 1 is 1.00 bits per heavy atom. The maximum absolute atomic E-state index is 5.31. The van der Waals surface area contributed by atoms with Gasteiger partial charge in [-0.2, -0.15) is 0 Å². The minimum Gasteiger partial charge on any atom is -0.494 e. The van der Waals surface area contributed by atoms with E-state index in [0.29, 0.717) is 0 Å². The molecule has 1 rings (SSSR count). The van der Waals surface area contributed by atoms with Crippen molar-refractivity contribution in [2.24, 2.45) is 0 Å². The van der Waals surface area contributed by atoms with E-state index in [1.165, 1.54) is 5.56 Å². The molecule has 0 aliphatic carbocycles. The lowest BCUT2D eigenvalue weighted by atomic mass is 10.2. The highest BCUT2D eigenvalue weighted by molar-refractivity contribution is 5.26. The first-order valence-corrected chi connectivity index (χ1v) is 5.08. The Morgan fingerprint density at radius 2 is 1.54 bits per heavy atom. The van der Waals surface area contributed by atoms with Gasteiger partial charge in [-0.3, -0.25) is 0 Å². The minimum atomic E-state index is 0.742. The van der Waals surface area contributed by atoms with Crippen LogP contribution in [0.4, 0.5) is 0 Å². The largest absolute Gasteiger partial charge is 0.494 e. The average molecular weight is 180 g/mol. The van der Waals surface area contributed by atoms with Crippen molar-refractivity contribution in [1.82, 2.24) is 0 Å². The predicted octanol–water partition coefficient (Wildman–Crippen LogP) is 3.67. The zero-order valence-electron chi connectivity index (χ0n) is 9.13. The highest BCUT2D eigenvalue weighted by atomic mass is 16.5. The lowest BCUT2D eigenvalue weighted by molar-refractivity contribution is 0.340. The molecule has 1 aromatic rings. The van der Waals surface area contributed by atoms with E-state index in [-0.39, 0.29) is 0 Å². The van der Waals surface area contributed by atoms with Crippen molar-refractivity contribution in [1.29, 1.82) is 0 Å². The van der Waals surface area contributed by atoms with Crippen LogP contribution in [0.15, 0.2) is 24.3 Å². The third-order valence-corrected chi connectivity index (χ3v) is 1.64. The van der Waals surface area contributed by atoms with E-state index in [1.54, 1.807) is 0 Å². The molecule has 1 aromatic carbocycles. The maximum atomic E-state index is 5.31. The summed E-state index contributed by atoms with van der Waals surface area (Å²) in [5, 5.41) is 0. The number of hydrogen-bond donors (Lipinski definition) is 0. The van der Waals surface area contributed by atoms with Gasteiger partial charge in [-0.25, -0.2) is 0 Å². The Balaban J connectivity index is 0.000000671. The molecule has 0 aliphatic heterocycles. The normalized spacial score (nSPS) is 8.62. The number of aryl methyl sites for hydroxylation is 1. The Bertz CT molecular complexity index is 201. The van der Waals surface area contributed by atoms with Crippen molar-refractivity contribution in [3.05, 3.63) is 29.8 Å². The lowest BCUT2D eigenvalue weighted by Gasteiger charge is -2.02. The van der Waals surface area contributed by atoms with E-state index in [9.17, 15) is 0 Å². The monoisotopic (exact) mass is 180 g/mol. The SMILES string of the molecule is CC.CCOc1ccc(CC)cc1. The summed E-state index contributed by atoms with van der Waals surface area (Å²) in [5.41, 5.74) is 1.36.